The van der Waals surface area contributed by atoms with E-state index in [4.69, 9.17) is 28.2 Å². The van der Waals surface area contributed by atoms with Crippen molar-refractivity contribution in [3.63, 3.8) is 0 Å². The van der Waals surface area contributed by atoms with Crippen LogP contribution in [-0.4, -0.2) is 31.3 Å². The zero-order valence-corrected chi connectivity index (χ0v) is 19.0. The van der Waals surface area contributed by atoms with Crippen LogP contribution in [0.1, 0.15) is 44.1 Å². The zero-order valence-electron chi connectivity index (χ0n) is 17.5. The Morgan fingerprint density at radius 2 is 1.81 bits per heavy atom. The van der Waals surface area contributed by atoms with Gasteiger partial charge < -0.3 is 9.47 Å². The molecule has 1 aliphatic heterocycles. The summed E-state index contributed by atoms with van der Waals surface area (Å²) in [5.41, 5.74) is 1.00. The molecular weight excluding hydrogens is 437 g/mol. The Morgan fingerprint density at radius 3 is 2.55 bits per heavy atom. The van der Waals surface area contributed by atoms with Crippen LogP contribution in [-0.2, 0) is 20.1 Å². The van der Waals surface area contributed by atoms with Gasteiger partial charge in [0.05, 0.1) is 16.6 Å². The third kappa shape index (κ3) is 3.48. The molecule has 164 valence electrons. The van der Waals surface area contributed by atoms with Crippen LogP contribution >= 0.6 is 23.2 Å². The van der Waals surface area contributed by atoms with Crippen molar-refractivity contribution in [1.82, 2.24) is 18.7 Å². The third-order valence-corrected chi connectivity index (χ3v) is 7.33. The van der Waals surface area contributed by atoms with Crippen LogP contribution in [0.15, 0.2) is 27.8 Å². The van der Waals surface area contributed by atoms with Gasteiger partial charge in [-0.1, -0.05) is 48.5 Å². The summed E-state index contributed by atoms with van der Waals surface area (Å²) >= 11 is 12.1. The van der Waals surface area contributed by atoms with Gasteiger partial charge in [0.1, 0.15) is 0 Å². The summed E-state index contributed by atoms with van der Waals surface area (Å²) < 4.78 is 4.76. The van der Waals surface area contributed by atoms with Gasteiger partial charge in [-0.2, -0.15) is 4.98 Å². The fourth-order valence-electron chi connectivity index (χ4n) is 4.99. The van der Waals surface area contributed by atoms with E-state index in [2.05, 4.69) is 4.90 Å². The molecule has 2 aromatic heterocycles. The van der Waals surface area contributed by atoms with Crippen molar-refractivity contribution in [2.24, 2.45) is 7.05 Å². The van der Waals surface area contributed by atoms with Crippen molar-refractivity contribution >= 4 is 40.3 Å². The molecule has 31 heavy (non-hydrogen) atoms. The highest BCUT2D eigenvalue weighted by atomic mass is 35.5. The Bertz CT molecular complexity index is 1270. The van der Waals surface area contributed by atoms with Crippen LogP contribution in [0.25, 0.3) is 11.2 Å². The summed E-state index contributed by atoms with van der Waals surface area (Å²) in [4.78, 5) is 33.7. The summed E-state index contributed by atoms with van der Waals surface area (Å²) in [5, 5.41) is 0.837. The molecule has 5 rings (SSSR count). The summed E-state index contributed by atoms with van der Waals surface area (Å²) in [6.45, 7) is 1.81. The molecule has 0 unspecified atom stereocenters. The average Bonchev–Trinajstić information content (AvgIpc) is 3.18. The second-order valence-electron chi connectivity index (χ2n) is 8.56. The Labute approximate surface area is 189 Å². The number of aromatic nitrogens is 4. The molecule has 7 nitrogen and oxygen atoms in total. The quantitative estimate of drug-likeness (QED) is 0.594. The number of halogens is 2. The molecule has 1 saturated carbocycles. The average molecular weight is 462 g/mol. The lowest BCUT2D eigenvalue weighted by Gasteiger charge is -2.37. The van der Waals surface area contributed by atoms with Gasteiger partial charge in [-0.15, -0.1) is 0 Å². The SMILES string of the molecule is Cn1c(=O)n(Cc2ccc(Cl)c(Cl)c2)c(=O)c2c1nc1n2CCCN1C1CCCCC1. The number of aryl methyl sites for hydroxylation is 2. The smallest absolute Gasteiger partial charge is 0.332 e. The van der Waals surface area contributed by atoms with E-state index in [0.29, 0.717) is 27.3 Å². The van der Waals surface area contributed by atoms with Crippen molar-refractivity contribution < 1.29 is 0 Å². The maximum atomic E-state index is 13.5. The molecule has 0 N–H and O–H groups in total. The Hall–Kier alpha value is -2.25. The molecule has 2 aliphatic rings. The van der Waals surface area contributed by atoms with Gasteiger partial charge in [0.15, 0.2) is 11.2 Å². The van der Waals surface area contributed by atoms with E-state index in [0.717, 1.165) is 43.9 Å². The van der Waals surface area contributed by atoms with Gasteiger partial charge in [-0.05, 0) is 37.0 Å². The van der Waals surface area contributed by atoms with Crippen molar-refractivity contribution in [2.45, 2.75) is 57.7 Å². The molecule has 0 bridgehead atoms. The molecule has 0 spiro atoms. The van der Waals surface area contributed by atoms with Crippen LogP contribution in [0.2, 0.25) is 10.0 Å². The lowest BCUT2D eigenvalue weighted by atomic mass is 9.94. The Morgan fingerprint density at radius 1 is 1.03 bits per heavy atom. The lowest BCUT2D eigenvalue weighted by molar-refractivity contribution is 0.391. The minimum absolute atomic E-state index is 0.130. The first kappa shape index (κ1) is 20.6. The number of benzene rings is 1. The number of fused-ring (bicyclic) bond motifs is 3. The molecule has 1 aliphatic carbocycles. The van der Waals surface area contributed by atoms with Crippen molar-refractivity contribution in [3.8, 4) is 0 Å². The first-order valence-corrected chi connectivity index (χ1v) is 11.6. The second kappa shape index (κ2) is 8.02. The minimum Gasteiger partial charge on any atom is -0.339 e. The lowest BCUT2D eigenvalue weighted by Crippen LogP contribution is -2.42. The first-order chi connectivity index (χ1) is 15.0. The highest BCUT2D eigenvalue weighted by Crippen LogP contribution is 2.31. The maximum absolute atomic E-state index is 13.5. The van der Waals surface area contributed by atoms with E-state index in [1.165, 1.54) is 28.4 Å². The van der Waals surface area contributed by atoms with Crippen LogP contribution < -0.4 is 16.1 Å². The van der Waals surface area contributed by atoms with E-state index in [-0.39, 0.29) is 17.8 Å². The summed E-state index contributed by atoms with van der Waals surface area (Å²) in [6.07, 6.45) is 7.03. The molecule has 1 fully saturated rings. The zero-order chi connectivity index (χ0) is 21.7. The predicted octanol–water partition coefficient (Wildman–Crippen LogP) is 3.79. The van der Waals surface area contributed by atoms with E-state index < -0.39 is 0 Å². The number of rotatable bonds is 3. The molecule has 1 aromatic carbocycles. The van der Waals surface area contributed by atoms with Crippen molar-refractivity contribution in [3.05, 3.63) is 54.6 Å². The van der Waals surface area contributed by atoms with E-state index in [1.807, 2.05) is 4.57 Å². The molecule has 0 amide bonds. The Balaban J connectivity index is 1.64. The summed E-state index contributed by atoms with van der Waals surface area (Å²) in [5.74, 6) is 0.826. The van der Waals surface area contributed by atoms with Crippen LogP contribution in [0.5, 0.6) is 0 Å². The highest BCUT2D eigenvalue weighted by Gasteiger charge is 2.30. The van der Waals surface area contributed by atoms with Crippen molar-refractivity contribution in [1.29, 1.82) is 0 Å². The standard InChI is InChI=1S/C22H25Cl2N5O2/c1-26-19-18(20(30)29(22(26)31)13-14-8-9-16(23)17(24)12-14)28-11-5-10-27(21(28)25-19)15-6-3-2-4-7-15/h8-9,12,15H,2-7,10-11,13H2,1H3. The highest BCUT2D eigenvalue weighted by molar-refractivity contribution is 6.42. The molecule has 0 saturated heterocycles. The second-order valence-corrected chi connectivity index (χ2v) is 9.37. The molecule has 0 atom stereocenters. The van der Waals surface area contributed by atoms with Crippen LogP contribution in [0, 0.1) is 0 Å². The Kier molecular flexibility index (Phi) is 5.34. The third-order valence-electron chi connectivity index (χ3n) is 6.59. The van der Waals surface area contributed by atoms with E-state index in [1.54, 1.807) is 25.2 Å². The van der Waals surface area contributed by atoms with Crippen molar-refractivity contribution in [2.75, 3.05) is 11.4 Å². The number of imidazole rings is 1. The number of nitrogens with zero attached hydrogens (tertiary/aromatic N) is 5. The minimum atomic E-state index is -0.386. The van der Waals surface area contributed by atoms with Gasteiger partial charge in [0, 0.05) is 26.2 Å². The topological polar surface area (TPSA) is 65.1 Å². The summed E-state index contributed by atoms with van der Waals surface area (Å²) in [6, 6.07) is 5.60. The fourth-order valence-corrected chi connectivity index (χ4v) is 5.31. The number of hydrogen-bond acceptors (Lipinski definition) is 4. The molecule has 9 heteroatoms. The molecule has 3 heterocycles. The van der Waals surface area contributed by atoms with Gasteiger partial charge in [-0.25, -0.2) is 4.79 Å². The van der Waals surface area contributed by atoms with Gasteiger partial charge in [0.25, 0.3) is 5.56 Å². The molecular formula is C22H25Cl2N5O2. The molecule has 0 radical (unpaired) electrons. The van der Waals surface area contributed by atoms with Crippen LogP contribution in [0.3, 0.4) is 0 Å². The normalized spacial score (nSPS) is 17.3. The van der Waals surface area contributed by atoms with E-state index in [9.17, 15) is 9.59 Å². The maximum Gasteiger partial charge on any atom is 0.332 e. The first-order valence-electron chi connectivity index (χ1n) is 10.9. The fraction of sp³-hybridized carbons (Fsp3) is 0.500. The molecule has 3 aromatic rings. The van der Waals surface area contributed by atoms with Crippen LogP contribution in [0.4, 0.5) is 5.95 Å². The monoisotopic (exact) mass is 461 g/mol. The predicted molar refractivity (Wildman–Crippen MR) is 124 cm³/mol. The largest absolute Gasteiger partial charge is 0.339 e. The number of anilines is 1. The van der Waals surface area contributed by atoms with E-state index >= 15 is 0 Å². The number of hydrogen-bond donors (Lipinski definition) is 0. The van der Waals surface area contributed by atoms with Gasteiger partial charge in [0.2, 0.25) is 5.95 Å². The summed E-state index contributed by atoms with van der Waals surface area (Å²) in [7, 11) is 1.68. The van der Waals surface area contributed by atoms with Gasteiger partial charge >= 0.3 is 5.69 Å². The van der Waals surface area contributed by atoms with Gasteiger partial charge in [-0.3, -0.25) is 13.9 Å².